The Hall–Kier alpha value is -0.910. The van der Waals surface area contributed by atoms with E-state index >= 15 is 0 Å². The summed E-state index contributed by atoms with van der Waals surface area (Å²) < 4.78 is 24.4. The van der Waals surface area contributed by atoms with Crippen molar-refractivity contribution in [3.05, 3.63) is 35.4 Å². The van der Waals surface area contributed by atoms with E-state index in [2.05, 4.69) is 4.72 Å². The molecule has 88 valence electrons. The fraction of sp³-hybridized carbons (Fsp3) is 0.455. The van der Waals surface area contributed by atoms with Crippen molar-refractivity contribution in [3.8, 4) is 0 Å². The van der Waals surface area contributed by atoms with Crippen LogP contribution in [-0.2, 0) is 16.6 Å². The molecule has 0 amide bonds. The highest BCUT2D eigenvalue weighted by atomic mass is 32.2. The van der Waals surface area contributed by atoms with Crippen LogP contribution in [0.3, 0.4) is 0 Å². The zero-order valence-corrected chi connectivity index (χ0v) is 10.00. The smallest absolute Gasteiger partial charge is 0.209 e. The summed E-state index contributed by atoms with van der Waals surface area (Å²) in [5.41, 5.74) is 7.96. The summed E-state index contributed by atoms with van der Waals surface area (Å²) in [6.45, 7) is 0.342. The average Bonchev–Trinajstić information content (AvgIpc) is 2.92. The van der Waals surface area contributed by atoms with Gasteiger partial charge in [-0.3, -0.25) is 0 Å². The lowest BCUT2D eigenvalue weighted by atomic mass is 10.1. The van der Waals surface area contributed by atoms with Crippen LogP contribution in [0.1, 0.15) is 23.5 Å². The first-order valence-corrected chi connectivity index (χ1v) is 7.14. The van der Waals surface area contributed by atoms with Crippen LogP contribution in [-0.4, -0.2) is 20.7 Å². The minimum atomic E-state index is -3.13. The van der Waals surface area contributed by atoms with E-state index in [0.29, 0.717) is 12.5 Å². The van der Waals surface area contributed by atoms with Crippen molar-refractivity contribution in [3.63, 3.8) is 0 Å². The maximum absolute atomic E-state index is 11.0. The molecular weight excluding hydrogens is 224 g/mol. The van der Waals surface area contributed by atoms with E-state index in [1.165, 1.54) is 5.56 Å². The molecule has 1 saturated carbocycles. The zero-order valence-electron chi connectivity index (χ0n) is 9.18. The summed E-state index contributed by atoms with van der Waals surface area (Å²) in [6.07, 6.45) is 2.19. The Morgan fingerprint density at radius 1 is 1.50 bits per heavy atom. The van der Waals surface area contributed by atoms with E-state index in [0.717, 1.165) is 18.2 Å². The highest BCUT2D eigenvalue weighted by Crippen LogP contribution is 2.38. The van der Waals surface area contributed by atoms with Gasteiger partial charge in [0.15, 0.2) is 0 Å². The van der Waals surface area contributed by atoms with Crippen LogP contribution in [0.25, 0.3) is 0 Å². The lowest BCUT2D eigenvalue weighted by molar-refractivity contribution is 0.587. The first-order valence-electron chi connectivity index (χ1n) is 5.25. The van der Waals surface area contributed by atoms with Gasteiger partial charge < -0.3 is 5.73 Å². The number of nitrogens with two attached hydrogens (primary N) is 1. The Kier molecular flexibility index (Phi) is 3.01. The minimum Gasteiger partial charge on any atom is -0.327 e. The van der Waals surface area contributed by atoms with Crippen LogP contribution in [0.2, 0.25) is 0 Å². The molecule has 1 aliphatic rings. The van der Waals surface area contributed by atoms with Crippen molar-refractivity contribution in [2.75, 3.05) is 6.26 Å². The molecule has 5 heteroatoms. The number of hydrogen-bond acceptors (Lipinski definition) is 3. The van der Waals surface area contributed by atoms with E-state index in [4.69, 9.17) is 5.73 Å². The summed E-state index contributed by atoms with van der Waals surface area (Å²) in [4.78, 5) is 0. The van der Waals surface area contributed by atoms with E-state index < -0.39 is 10.0 Å². The molecule has 16 heavy (non-hydrogen) atoms. The van der Waals surface area contributed by atoms with Crippen molar-refractivity contribution in [1.82, 2.24) is 4.72 Å². The lowest BCUT2D eigenvalue weighted by Crippen LogP contribution is -2.21. The number of nitrogens with one attached hydrogen (secondary N) is 1. The SMILES string of the molecule is CS(=O)(=O)NCc1cccc(C2CC2N)c1. The number of rotatable bonds is 4. The summed E-state index contributed by atoms with van der Waals surface area (Å²) in [6, 6.07) is 8.20. The fourth-order valence-electron chi connectivity index (χ4n) is 1.75. The quantitative estimate of drug-likeness (QED) is 0.807. The molecule has 1 aromatic rings. The molecule has 1 fully saturated rings. The molecular formula is C11H16N2O2S. The predicted molar refractivity (Wildman–Crippen MR) is 63.5 cm³/mol. The van der Waals surface area contributed by atoms with Gasteiger partial charge in [-0.2, -0.15) is 0 Å². The van der Waals surface area contributed by atoms with Crippen molar-refractivity contribution in [2.24, 2.45) is 5.73 Å². The molecule has 0 aliphatic heterocycles. The van der Waals surface area contributed by atoms with Crippen LogP contribution in [0.5, 0.6) is 0 Å². The Morgan fingerprint density at radius 3 is 2.75 bits per heavy atom. The van der Waals surface area contributed by atoms with Crippen molar-refractivity contribution in [1.29, 1.82) is 0 Å². The molecule has 2 atom stereocenters. The molecule has 0 spiro atoms. The van der Waals surface area contributed by atoms with Gasteiger partial charge in [-0.15, -0.1) is 0 Å². The maximum atomic E-state index is 11.0. The van der Waals surface area contributed by atoms with Gasteiger partial charge in [0.2, 0.25) is 10.0 Å². The Morgan fingerprint density at radius 2 is 2.19 bits per heavy atom. The van der Waals surface area contributed by atoms with Crippen LogP contribution < -0.4 is 10.5 Å². The zero-order chi connectivity index (χ0) is 11.8. The van der Waals surface area contributed by atoms with Gasteiger partial charge in [0.25, 0.3) is 0 Å². The van der Waals surface area contributed by atoms with Crippen molar-refractivity contribution < 1.29 is 8.42 Å². The number of hydrogen-bond donors (Lipinski definition) is 2. The summed E-state index contributed by atoms with van der Waals surface area (Å²) >= 11 is 0. The molecule has 1 aromatic carbocycles. The second-order valence-electron chi connectivity index (χ2n) is 4.34. The van der Waals surface area contributed by atoms with E-state index in [9.17, 15) is 8.42 Å². The van der Waals surface area contributed by atoms with Crippen molar-refractivity contribution >= 4 is 10.0 Å². The molecule has 0 bridgehead atoms. The van der Waals surface area contributed by atoms with E-state index in [-0.39, 0.29) is 6.04 Å². The summed E-state index contributed by atoms with van der Waals surface area (Å²) in [7, 11) is -3.13. The monoisotopic (exact) mass is 240 g/mol. The third-order valence-corrected chi connectivity index (χ3v) is 3.43. The topological polar surface area (TPSA) is 72.2 Å². The third-order valence-electron chi connectivity index (χ3n) is 2.76. The highest BCUT2D eigenvalue weighted by molar-refractivity contribution is 7.88. The summed E-state index contributed by atoms with van der Waals surface area (Å²) in [5.74, 6) is 0.457. The molecule has 0 aromatic heterocycles. The molecule has 4 nitrogen and oxygen atoms in total. The van der Waals surface area contributed by atoms with Gasteiger partial charge in [0, 0.05) is 18.5 Å². The number of sulfonamides is 1. The molecule has 2 unspecified atom stereocenters. The van der Waals surface area contributed by atoms with Crippen LogP contribution >= 0.6 is 0 Å². The van der Waals surface area contributed by atoms with Gasteiger partial charge in [-0.05, 0) is 17.5 Å². The second kappa shape index (κ2) is 4.16. The second-order valence-corrected chi connectivity index (χ2v) is 6.18. The molecule has 2 rings (SSSR count). The van der Waals surface area contributed by atoms with Crippen LogP contribution in [0.15, 0.2) is 24.3 Å². The molecule has 0 saturated heterocycles. The van der Waals surface area contributed by atoms with Crippen molar-refractivity contribution in [2.45, 2.75) is 24.9 Å². The molecule has 0 radical (unpaired) electrons. The molecule has 0 heterocycles. The number of benzene rings is 1. The van der Waals surface area contributed by atoms with E-state index in [1.807, 2.05) is 24.3 Å². The Labute approximate surface area is 95.9 Å². The average molecular weight is 240 g/mol. The van der Waals surface area contributed by atoms with Gasteiger partial charge in [0.05, 0.1) is 6.26 Å². The van der Waals surface area contributed by atoms with E-state index in [1.54, 1.807) is 0 Å². The largest absolute Gasteiger partial charge is 0.327 e. The fourth-order valence-corrected chi connectivity index (χ4v) is 2.17. The normalized spacial score (nSPS) is 24.4. The Balaban J connectivity index is 2.05. The van der Waals surface area contributed by atoms with Gasteiger partial charge >= 0.3 is 0 Å². The third kappa shape index (κ3) is 3.04. The molecule has 3 N–H and O–H groups in total. The van der Waals surface area contributed by atoms with Gasteiger partial charge in [0.1, 0.15) is 0 Å². The van der Waals surface area contributed by atoms with Gasteiger partial charge in [-0.25, -0.2) is 13.1 Å². The van der Waals surface area contributed by atoms with Gasteiger partial charge in [-0.1, -0.05) is 24.3 Å². The lowest BCUT2D eigenvalue weighted by Gasteiger charge is -2.05. The molecule has 1 aliphatic carbocycles. The maximum Gasteiger partial charge on any atom is 0.209 e. The summed E-state index contributed by atoms with van der Waals surface area (Å²) in [5, 5.41) is 0. The van der Waals surface area contributed by atoms with Crippen LogP contribution in [0.4, 0.5) is 0 Å². The minimum absolute atomic E-state index is 0.276. The predicted octanol–water partition coefficient (Wildman–Crippen LogP) is 0.550. The first kappa shape index (κ1) is 11.6. The standard InChI is InChI=1S/C11H16N2O2S/c1-16(14,15)13-7-8-3-2-4-9(5-8)10-6-11(10)12/h2-5,10-11,13H,6-7,12H2,1H3. The first-order chi connectivity index (χ1) is 7.46. The van der Waals surface area contributed by atoms with Crippen LogP contribution in [0, 0.1) is 0 Å². The Bertz CT molecular complexity index is 485. The highest BCUT2D eigenvalue weighted by Gasteiger charge is 2.34.